The van der Waals surface area contributed by atoms with Gasteiger partial charge in [0, 0.05) is 25.3 Å². The van der Waals surface area contributed by atoms with Crippen LogP contribution >= 0.6 is 0 Å². The van der Waals surface area contributed by atoms with E-state index in [-0.39, 0.29) is 35.3 Å². The molecular weight excluding hydrogens is 294 g/mol. The lowest BCUT2D eigenvalue weighted by atomic mass is 10.2. The van der Waals surface area contributed by atoms with Crippen LogP contribution in [-0.4, -0.2) is 44.9 Å². The van der Waals surface area contributed by atoms with E-state index in [0.29, 0.717) is 0 Å². The molecule has 0 atom stereocenters. The van der Waals surface area contributed by atoms with Gasteiger partial charge < -0.3 is 16.2 Å². The first-order valence-electron chi connectivity index (χ1n) is 6.42. The van der Waals surface area contributed by atoms with E-state index < -0.39 is 15.9 Å². The summed E-state index contributed by atoms with van der Waals surface area (Å²) in [5.41, 5.74) is 11.1. The van der Waals surface area contributed by atoms with Crippen molar-refractivity contribution in [3.05, 3.63) is 23.8 Å². The number of rotatable bonds is 7. The summed E-state index contributed by atoms with van der Waals surface area (Å²) in [6.07, 6.45) is 0. The van der Waals surface area contributed by atoms with E-state index in [1.54, 1.807) is 13.8 Å². The predicted octanol–water partition coefficient (Wildman–Crippen LogP) is 0.413. The zero-order chi connectivity index (χ0) is 16.2. The third kappa shape index (κ3) is 3.93. The number of carbonyl (C=O) groups is 1. The molecular formula is C13H21N3O4S. The Labute approximate surface area is 124 Å². The molecule has 0 fully saturated rings. The number of amides is 1. The molecule has 0 unspecified atom stereocenters. The van der Waals surface area contributed by atoms with E-state index in [1.807, 2.05) is 0 Å². The zero-order valence-corrected chi connectivity index (χ0v) is 13.2. The van der Waals surface area contributed by atoms with E-state index in [4.69, 9.17) is 16.2 Å². The number of hydrogen-bond acceptors (Lipinski definition) is 5. The Kier molecular flexibility index (Phi) is 5.70. The summed E-state index contributed by atoms with van der Waals surface area (Å²) in [6, 6.07) is 3.66. The molecule has 1 amide bonds. The van der Waals surface area contributed by atoms with Crippen molar-refractivity contribution in [2.45, 2.75) is 24.8 Å². The fraction of sp³-hybridized carbons (Fsp3) is 0.462. The van der Waals surface area contributed by atoms with Crippen molar-refractivity contribution in [3.63, 3.8) is 0 Å². The van der Waals surface area contributed by atoms with E-state index in [2.05, 4.69) is 0 Å². The minimum Gasteiger partial charge on any atom is -0.398 e. The lowest BCUT2D eigenvalue weighted by molar-refractivity contribution is 0.1000. The van der Waals surface area contributed by atoms with Crippen LogP contribution < -0.4 is 11.5 Å². The molecule has 0 bridgehead atoms. The first-order chi connectivity index (χ1) is 9.71. The second-order valence-electron chi connectivity index (χ2n) is 4.82. The van der Waals surface area contributed by atoms with Crippen LogP contribution in [0.2, 0.25) is 0 Å². The van der Waals surface area contributed by atoms with Crippen LogP contribution in [0, 0.1) is 0 Å². The quantitative estimate of drug-likeness (QED) is 0.707. The van der Waals surface area contributed by atoms with E-state index >= 15 is 0 Å². The highest BCUT2D eigenvalue weighted by Crippen LogP contribution is 2.24. The van der Waals surface area contributed by atoms with Crippen molar-refractivity contribution in [1.29, 1.82) is 0 Å². The predicted molar refractivity (Wildman–Crippen MR) is 80.3 cm³/mol. The van der Waals surface area contributed by atoms with Gasteiger partial charge in [0.2, 0.25) is 15.9 Å². The molecule has 0 heterocycles. The van der Waals surface area contributed by atoms with Crippen molar-refractivity contribution in [3.8, 4) is 0 Å². The number of nitrogen functional groups attached to an aromatic ring is 1. The Bertz CT molecular complexity index is 614. The lowest BCUT2D eigenvalue weighted by Gasteiger charge is -2.26. The molecule has 0 saturated heterocycles. The maximum absolute atomic E-state index is 12.7. The number of nitrogens with zero attached hydrogens (tertiary/aromatic N) is 1. The molecule has 0 spiro atoms. The number of anilines is 1. The number of methoxy groups -OCH3 is 1. The summed E-state index contributed by atoms with van der Waals surface area (Å²) in [6.45, 7) is 4.02. The molecule has 4 N–H and O–H groups in total. The number of primary amides is 1. The molecule has 0 saturated carbocycles. The minimum absolute atomic E-state index is 0.00522. The highest BCUT2D eigenvalue weighted by molar-refractivity contribution is 7.89. The van der Waals surface area contributed by atoms with Gasteiger partial charge in [-0.15, -0.1) is 0 Å². The summed E-state index contributed by atoms with van der Waals surface area (Å²) in [5, 5.41) is 0. The van der Waals surface area contributed by atoms with Gasteiger partial charge in [-0.25, -0.2) is 8.42 Å². The maximum Gasteiger partial charge on any atom is 0.248 e. The number of carbonyl (C=O) groups excluding carboxylic acids is 1. The van der Waals surface area contributed by atoms with Crippen molar-refractivity contribution in [2.24, 2.45) is 5.73 Å². The highest BCUT2D eigenvalue weighted by Gasteiger charge is 2.28. The Morgan fingerprint density at radius 2 is 2.00 bits per heavy atom. The largest absolute Gasteiger partial charge is 0.398 e. The first-order valence-corrected chi connectivity index (χ1v) is 7.86. The van der Waals surface area contributed by atoms with Gasteiger partial charge in [-0.3, -0.25) is 4.79 Å². The van der Waals surface area contributed by atoms with Gasteiger partial charge in [-0.2, -0.15) is 4.31 Å². The van der Waals surface area contributed by atoms with Gasteiger partial charge >= 0.3 is 0 Å². The van der Waals surface area contributed by atoms with Crippen LogP contribution in [0.4, 0.5) is 5.69 Å². The standard InChI is InChI=1S/C13H21N3O4S/c1-9(2)16(6-7-20-3)21(18,19)12-5-4-10(13(15)17)8-11(12)14/h4-5,8-9H,6-7,14H2,1-3H3,(H2,15,17). The Hall–Kier alpha value is -1.64. The lowest BCUT2D eigenvalue weighted by Crippen LogP contribution is -2.39. The zero-order valence-electron chi connectivity index (χ0n) is 12.4. The average Bonchev–Trinajstić information content (AvgIpc) is 2.37. The minimum atomic E-state index is -3.77. The number of benzene rings is 1. The fourth-order valence-electron chi connectivity index (χ4n) is 1.90. The summed E-state index contributed by atoms with van der Waals surface area (Å²) >= 11 is 0. The second-order valence-corrected chi connectivity index (χ2v) is 6.68. The normalized spacial score (nSPS) is 12.0. The highest BCUT2D eigenvalue weighted by atomic mass is 32.2. The summed E-state index contributed by atoms with van der Waals surface area (Å²) in [4.78, 5) is 11.0. The smallest absolute Gasteiger partial charge is 0.248 e. The van der Waals surface area contributed by atoms with Gasteiger partial charge in [0.1, 0.15) is 4.90 Å². The van der Waals surface area contributed by atoms with Gasteiger partial charge in [0.05, 0.1) is 12.3 Å². The van der Waals surface area contributed by atoms with E-state index in [9.17, 15) is 13.2 Å². The van der Waals surface area contributed by atoms with Crippen LogP contribution in [-0.2, 0) is 14.8 Å². The van der Waals surface area contributed by atoms with Crippen LogP contribution in [0.15, 0.2) is 23.1 Å². The van der Waals surface area contributed by atoms with E-state index in [1.165, 1.54) is 29.6 Å². The van der Waals surface area contributed by atoms with Crippen molar-refractivity contribution in [2.75, 3.05) is 26.0 Å². The van der Waals surface area contributed by atoms with Crippen molar-refractivity contribution < 1.29 is 17.9 Å². The third-order valence-corrected chi connectivity index (χ3v) is 5.12. The Balaban J connectivity index is 3.25. The van der Waals surface area contributed by atoms with Crippen LogP contribution in [0.5, 0.6) is 0 Å². The van der Waals surface area contributed by atoms with Crippen molar-refractivity contribution >= 4 is 21.6 Å². The van der Waals surface area contributed by atoms with Gasteiger partial charge in [0.25, 0.3) is 0 Å². The first kappa shape index (κ1) is 17.4. The summed E-state index contributed by atoms with van der Waals surface area (Å²) in [7, 11) is -2.27. The van der Waals surface area contributed by atoms with Crippen LogP contribution in [0.3, 0.4) is 0 Å². The topological polar surface area (TPSA) is 116 Å². The molecule has 0 aromatic heterocycles. The summed E-state index contributed by atoms with van der Waals surface area (Å²) < 4.78 is 31.5. The number of ether oxygens (including phenoxy) is 1. The molecule has 0 radical (unpaired) electrons. The molecule has 1 aromatic carbocycles. The fourth-order valence-corrected chi connectivity index (χ4v) is 3.62. The molecule has 118 valence electrons. The Morgan fingerprint density at radius 1 is 1.38 bits per heavy atom. The number of hydrogen-bond donors (Lipinski definition) is 2. The second kappa shape index (κ2) is 6.88. The summed E-state index contributed by atoms with van der Waals surface area (Å²) in [5.74, 6) is -0.661. The Morgan fingerprint density at radius 3 is 2.43 bits per heavy atom. The SMILES string of the molecule is COCCN(C(C)C)S(=O)(=O)c1ccc(C(N)=O)cc1N. The average molecular weight is 315 g/mol. The molecule has 21 heavy (non-hydrogen) atoms. The number of sulfonamides is 1. The molecule has 1 aromatic rings. The van der Waals surface area contributed by atoms with Gasteiger partial charge in [0.15, 0.2) is 0 Å². The van der Waals surface area contributed by atoms with Gasteiger partial charge in [-0.1, -0.05) is 0 Å². The molecule has 0 aliphatic rings. The van der Waals surface area contributed by atoms with Crippen molar-refractivity contribution in [1.82, 2.24) is 4.31 Å². The molecule has 1 rings (SSSR count). The molecule has 7 nitrogen and oxygen atoms in total. The monoisotopic (exact) mass is 315 g/mol. The molecule has 8 heteroatoms. The molecule has 0 aliphatic carbocycles. The maximum atomic E-state index is 12.7. The number of nitrogens with two attached hydrogens (primary N) is 2. The third-order valence-electron chi connectivity index (χ3n) is 2.97. The molecule has 0 aliphatic heterocycles. The van der Waals surface area contributed by atoms with Crippen LogP contribution in [0.25, 0.3) is 0 Å². The van der Waals surface area contributed by atoms with Crippen LogP contribution in [0.1, 0.15) is 24.2 Å². The van der Waals surface area contributed by atoms with E-state index in [0.717, 1.165) is 0 Å². The van der Waals surface area contributed by atoms with Gasteiger partial charge in [-0.05, 0) is 32.0 Å².